The van der Waals surface area contributed by atoms with Crippen molar-refractivity contribution in [1.82, 2.24) is 4.90 Å². The van der Waals surface area contributed by atoms with Gasteiger partial charge in [-0.05, 0) is 83.7 Å². The molecule has 0 unspecified atom stereocenters. The highest BCUT2D eigenvalue weighted by Crippen LogP contribution is 2.51. The quantitative estimate of drug-likeness (QED) is 0.497. The molecule has 2 aliphatic heterocycles. The summed E-state index contributed by atoms with van der Waals surface area (Å²) in [6.45, 7) is 17.3. The first kappa shape index (κ1) is 26.3. The number of anilines is 1. The van der Waals surface area contributed by atoms with Gasteiger partial charge in [0.1, 0.15) is 0 Å². The van der Waals surface area contributed by atoms with E-state index >= 15 is 0 Å². The molecule has 4 aliphatic rings. The van der Waals surface area contributed by atoms with Crippen molar-refractivity contribution in [3.05, 3.63) is 69.3 Å². The summed E-state index contributed by atoms with van der Waals surface area (Å²) in [6.07, 6.45) is 3.95. The zero-order chi connectivity index (χ0) is 27.5. The van der Waals surface area contributed by atoms with Gasteiger partial charge in [0.05, 0.1) is 24.8 Å². The van der Waals surface area contributed by atoms with Gasteiger partial charge in [0.15, 0.2) is 5.78 Å². The first-order valence-electron chi connectivity index (χ1n) is 14.8. The normalized spacial score (nSPS) is 22.0. The lowest BCUT2D eigenvalue weighted by molar-refractivity contribution is -0.0522. The minimum absolute atomic E-state index is 0.147. The number of carbonyl (C=O) groups excluding carboxylic acids is 1. The lowest BCUT2D eigenvalue weighted by atomic mass is 9.67. The Hall–Kier alpha value is -2.94. The number of rotatable bonds is 4. The molecule has 2 aliphatic carbocycles. The van der Waals surface area contributed by atoms with Crippen molar-refractivity contribution in [3.8, 4) is 6.07 Å². The van der Waals surface area contributed by atoms with Crippen molar-refractivity contribution in [2.24, 2.45) is 5.92 Å². The molecule has 2 saturated heterocycles. The van der Waals surface area contributed by atoms with Crippen LogP contribution >= 0.6 is 0 Å². The van der Waals surface area contributed by atoms with Crippen LogP contribution in [0.15, 0.2) is 35.9 Å². The van der Waals surface area contributed by atoms with Crippen LogP contribution in [-0.2, 0) is 23.0 Å². The molecule has 204 valence electrons. The third-order valence-electron chi connectivity index (χ3n) is 10.4. The van der Waals surface area contributed by atoms with Gasteiger partial charge in [0, 0.05) is 54.0 Å². The van der Waals surface area contributed by atoms with Crippen molar-refractivity contribution in [2.75, 3.05) is 44.3 Å². The summed E-state index contributed by atoms with van der Waals surface area (Å²) < 4.78 is 5.68. The molecule has 39 heavy (non-hydrogen) atoms. The van der Waals surface area contributed by atoms with Crippen LogP contribution in [0, 0.1) is 17.2 Å². The zero-order valence-electron chi connectivity index (χ0n) is 24.2. The van der Waals surface area contributed by atoms with Crippen molar-refractivity contribution in [1.29, 1.82) is 5.26 Å². The van der Waals surface area contributed by atoms with E-state index < -0.39 is 0 Å². The third kappa shape index (κ3) is 3.99. The fourth-order valence-corrected chi connectivity index (χ4v) is 7.90. The molecule has 0 aromatic heterocycles. The number of Topliss-reactive ketones (excluding diaryl/α,β-unsaturated/α-hetero) is 1. The van der Waals surface area contributed by atoms with Gasteiger partial charge >= 0.3 is 0 Å². The molecule has 2 fully saturated rings. The second-order valence-corrected chi connectivity index (χ2v) is 12.7. The number of aryl methyl sites for hydroxylation is 1. The van der Waals surface area contributed by atoms with E-state index in [0.29, 0.717) is 11.5 Å². The lowest BCUT2D eigenvalue weighted by Crippen LogP contribution is -2.61. The van der Waals surface area contributed by atoms with Crippen LogP contribution in [0.3, 0.4) is 0 Å². The van der Waals surface area contributed by atoms with Gasteiger partial charge in [-0.3, -0.25) is 9.69 Å². The molecule has 2 heterocycles. The van der Waals surface area contributed by atoms with Crippen LogP contribution in [0.25, 0.3) is 5.57 Å². The highest BCUT2D eigenvalue weighted by molar-refractivity contribution is 6.33. The molecule has 0 radical (unpaired) electrons. The number of piperidine rings is 1. The van der Waals surface area contributed by atoms with Crippen LogP contribution in [0.1, 0.15) is 85.6 Å². The highest BCUT2D eigenvalue weighted by Gasteiger charge is 2.45. The van der Waals surface area contributed by atoms with Gasteiger partial charge in [-0.1, -0.05) is 40.7 Å². The smallest absolute Gasteiger partial charge is 0.193 e. The maximum absolute atomic E-state index is 14.0. The van der Waals surface area contributed by atoms with E-state index in [-0.39, 0.29) is 16.7 Å². The van der Waals surface area contributed by atoms with E-state index in [9.17, 15) is 10.1 Å². The Bertz CT molecular complexity index is 1400. The number of hydrogen-bond acceptors (Lipinski definition) is 5. The van der Waals surface area contributed by atoms with Gasteiger partial charge in [0.2, 0.25) is 0 Å². The predicted octanol–water partition coefficient (Wildman–Crippen LogP) is 5.93. The number of nitriles is 1. The molecule has 2 aromatic rings. The summed E-state index contributed by atoms with van der Waals surface area (Å²) in [5, 5.41) is 9.43. The lowest BCUT2D eigenvalue weighted by Gasteiger charge is -2.53. The second-order valence-electron chi connectivity index (χ2n) is 12.7. The predicted molar refractivity (Wildman–Crippen MR) is 156 cm³/mol. The van der Waals surface area contributed by atoms with Crippen LogP contribution in [-0.4, -0.2) is 55.6 Å². The van der Waals surface area contributed by atoms with E-state index in [0.717, 1.165) is 92.9 Å². The number of ether oxygens (including phenoxy) is 1. The molecule has 0 atom stereocenters. The Balaban J connectivity index is 1.34. The highest BCUT2D eigenvalue weighted by atomic mass is 16.5. The Morgan fingerprint density at radius 1 is 1.03 bits per heavy atom. The molecular weight excluding hydrogens is 482 g/mol. The van der Waals surface area contributed by atoms with Crippen LogP contribution in [0.5, 0.6) is 0 Å². The number of carbonyl (C=O) groups is 1. The standard InChI is InChI=1S/C34H41N3O2/c1-6-24-18-27-28(33(4,5)29-19-25-17-23(21-35)7-8-26(25)31(29)32(27)38)20-30(24)36-11-9-34(10-12-36,22(2)3)37-13-15-39-16-14-37/h7-8,17-18,20,22H,6,9-16,19H2,1-5H3. The summed E-state index contributed by atoms with van der Waals surface area (Å²) >= 11 is 0. The van der Waals surface area contributed by atoms with Crippen molar-refractivity contribution in [3.63, 3.8) is 0 Å². The number of ketones is 1. The second kappa shape index (κ2) is 9.61. The van der Waals surface area contributed by atoms with Gasteiger partial charge in [-0.2, -0.15) is 5.26 Å². The monoisotopic (exact) mass is 523 g/mol. The first-order chi connectivity index (χ1) is 18.7. The number of benzene rings is 2. The van der Waals surface area contributed by atoms with E-state index in [1.165, 1.54) is 16.8 Å². The molecule has 0 bridgehead atoms. The van der Waals surface area contributed by atoms with Gasteiger partial charge < -0.3 is 9.64 Å². The van der Waals surface area contributed by atoms with Gasteiger partial charge in [-0.25, -0.2) is 0 Å². The van der Waals surface area contributed by atoms with Gasteiger partial charge in [-0.15, -0.1) is 0 Å². The Kier molecular flexibility index (Phi) is 6.48. The average molecular weight is 524 g/mol. The number of hydrogen-bond donors (Lipinski definition) is 0. The molecule has 6 rings (SSSR count). The molecule has 5 nitrogen and oxygen atoms in total. The fourth-order valence-electron chi connectivity index (χ4n) is 7.90. The Morgan fingerprint density at radius 3 is 2.38 bits per heavy atom. The summed E-state index contributed by atoms with van der Waals surface area (Å²) in [7, 11) is 0. The Morgan fingerprint density at radius 2 is 1.74 bits per heavy atom. The van der Waals surface area contributed by atoms with Crippen molar-refractivity contribution in [2.45, 2.75) is 71.3 Å². The molecular formula is C34H41N3O2. The molecule has 0 spiro atoms. The maximum Gasteiger partial charge on any atom is 0.193 e. The molecule has 0 amide bonds. The first-order valence-corrected chi connectivity index (χ1v) is 14.8. The zero-order valence-corrected chi connectivity index (χ0v) is 24.2. The SMILES string of the molecule is CCc1cc2c(cc1N1CCC(C(C)C)(N3CCOCC3)CC1)C(C)(C)C1=C(C2=O)c2ccc(C#N)cc2C1. The van der Waals surface area contributed by atoms with Crippen LogP contribution in [0.2, 0.25) is 0 Å². The maximum atomic E-state index is 14.0. The number of fused-ring (bicyclic) bond motifs is 3. The van der Waals surface area contributed by atoms with Crippen molar-refractivity contribution >= 4 is 17.0 Å². The largest absolute Gasteiger partial charge is 0.379 e. The molecule has 5 heteroatoms. The number of allylic oxidation sites excluding steroid dienone is 2. The van der Waals surface area contributed by atoms with Gasteiger partial charge in [0.25, 0.3) is 0 Å². The summed E-state index contributed by atoms with van der Waals surface area (Å²) in [6, 6.07) is 12.6. The fraction of sp³-hybridized carbons (Fsp3) is 0.529. The minimum Gasteiger partial charge on any atom is -0.379 e. The van der Waals surface area contributed by atoms with Crippen LogP contribution < -0.4 is 4.90 Å². The van der Waals surface area contributed by atoms with E-state index in [1.54, 1.807) is 0 Å². The third-order valence-corrected chi connectivity index (χ3v) is 10.4. The van der Waals surface area contributed by atoms with Crippen LogP contribution in [0.4, 0.5) is 5.69 Å². The number of nitrogens with zero attached hydrogens (tertiary/aromatic N) is 3. The van der Waals surface area contributed by atoms with E-state index in [2.05, 4.69) is 62.6 Å². The minimum atomic E-state index is -0.253. The molecule has 0 saturated carbocycles. The average Bonchev–Trinajstić information content (AvgIpc) is 3.36. The Labute approximate surface area is 233 Å². The summed E-state index contributed by atoms with van der Waals surface area (Å²) in [4.78, 5) is 19.3. The molecule has 2 aromatic carbocycles. The topological polar surface area (TPSA) is 56.6 Å². The van der Waals surface area contributed by atoms with E-state index in [4.69, 9.17) is 4.74 Å². The molecule has 0 N–H and O–H groups in total. The van der Waals surface area contributed by atoms with Crippen molar-refractivity contribution < 1.29 is 9.53 Å². The van der Waals surface area contributed by atoms with E-state index in [1.807, 2.05) is 18.2 Å². The summed E-state index contributed by atoms with van der Waals surface area (Å²) in [5.74, 6) is 0.744. The number of morpholine rings is 1. The summed E-state index contributed by atoms with van der Waals surface area (Å²) in [5.41, 5.74) is 9.41.